The average Bonchev–Trinajstić information content (AvgIpc) is 3.04. The lowest BCUT2D eigenvalue weighted by Gasteiger charge is -2.12. The summed E-state index contributed by atoms with van der Waals surface area (Å²) in [5.74, 6) is 6.33. The van der Waals surface area contributed by atoms with Gasteiger partial charge in [-0.05, 0) is 38.1 Å². The topological polar surface area (TPSA) is 115 Å². The van der Waals surface area contributed by atoms with Crippen molar-refractivity contribution in [1.82, 2.24) is 14.9 Å². The highest BCUT2D eigenvalue weighted by atomic mass is 32.2. The quantitative estimate of drug-likeness (QED) is 0.425. The first kappa shape index (κ1) is 20.4. The number of nitrogens with two attached hydrogens (primary N) is 1. The van der Waals surface area contributed by atoms with Crippen molar-refractivity contribution >= 4 is 35.0 Å². The Labute approximate surface area is 172 Å². The second kappa shape index (κ2) is 8.78. The molecule has 29 heavy (non-hydrogen) atoms. The molecule has 0 aliphatic carbocycles. The number of hydrogen-bond acceptors (Lipinski definition) is 6. The number of benzene rings is 2. The third-order valence-corrected chi connectivity index (χ3v) is 5.16. The maximum atomic E-state index is 12.5. The van der Waals surface area contributed by atoms with Gasteiger partial charge in [0.25, 0.3) is 0 Å². The highest BCUT2D eigenvalue weighted by molar-refractivity contribution is 8.00. The molecule has 0 bridgehead atoms. The largest absolute Gasteiger partial charge is 0.335 e. The predicted octanol–water partition coefficient (Wildman–Crippen LogP) is 3.05. The molecule has 1 atom stereocenters. The van der Waals surface area contributed by atoms with E-state index in [1.165, 1.54) is 23.4 Å². The van der Waals surface area contributed by atoms with Crippen LogP contribution in [-0.4, -0.2) is 31.9 Å². The molecule has 0 fully saturated rings. The van der Waals surface area contributed by atoms with Crippen LogP contribution in [0.1, 0.15) is 19.4 Å². The van der Waals surface area contributed by atoms with E-state index in [1.807, 2.05) is 31.2 Å². The van der Waals surface area contributed by atoms with Crippen LogP contribution in [-0.2, 0) is 9.59 Å². The zero-order chi connectivity index (χ0) is 21.0. The zero-order valence-electron chi connectivity index (χ0n) is 16.3. The number of nitrogen functional groups attached to an aromatic ring is 1. The second-order valence-electron chi connectivity index (χ2n) is 6.55. The second-order valence-corrected chi connectivity index (χ2v) is 7.86. The molecule has 2 amide bonds. The molecule has 1 heterocycles. The van der Waals surface area contributed by atoms with Gasteiger partial charge < -0.3 is 16.5 Å². The van der Waals surface area contributed by atoms with Crippen LogP contribution < -0.4 is 16.5 Å². The van der Waals surface area contributed by atoms with E-state index in [-0.39, 0.29) is 11.8 Å². The molecule has 8 nitrogen and oxygen atoms in total. The Morgan fingerprint density at radius 3 is 2.17 bits per heavy atom. The molecule has 1 aromatic heterocycles. The normalized spacial score (nSPS) is 11.7. The van der Waals surface area contributed by atoms with E-state index in [1.54, 1.807) is 31.2 Å². The van der Waals surface area contributed by atoms with Crippen molar-refractivity contribution in [1.29, 1.82) is 0 Å². The van der Waals surface area contributed by atoms with Gasteiger partial charge in [0.05, 0.1) is 5.25 Å². The molecular weight excluding hydrogens is 388 g/mol. The van der Waals surface area contributed by atoms with E-state index in [0.29, 0.717) is 22.4 Å². The summed E-state index contributed by atoms with van der Waals surface area (Å²) in [5, 5.41) is 13.8. The monoisotopic (exact) mass is 410 g/mol. The van der Waals surface area contributed by atoms with Crippen LogP contribution in [0.15, 0.2) is 53.7 Å². The Bertz CT molecular complexity index is 1010. The van der Waals surface area contributed by atoms with Gasteiger partial charge in [0.1, 0.15) is 0 Å². The molecule has 9 heteroatoms. The highest BCUT2D eigenvalue weighted by Crippen LogP contribution is 2.26. The lowest BCUT2D eigenvalue weighted by Crippen LogP contribution is -2.23. The first-order valence-corrected chi connectivity index (χ1v) is 9.84. The number of nitrogens with one attached hydrogen (secondary N) is 2. The molecule has 1 unspecified atom stereocenters. The molecule has 2 aromatic carbocycles. The molecule has 0 radical (unpaired) electrons. The standard InChI is InChI=1S/C20H22N6O2S/c1-12-4-6-15(7-5-12)18-24-25-20(26(18)21)29-13(2)19(28)23-17-10-8-16(9-11-17)22-14(3)27/h4-11,13H,21H2,1-3H3,(H,22,27)(H,23,28). The number of rotatable bonds is 6. The lowest BCUT2D eigenvalue weighted by atomic mass is 10.1. The molecule has 0 aliphatic heterocycles. The summed E-state index contributed by atoms with van der Waals surface area (Å²) in [6.07, 6.45) is 0. The maximum absolute atomic E-state index is 12.5. The minimum atomic E-state index is -0.442. The van der Waals surface area contributed by atoms with Crippen molar-refractivity contribution in [2.45, 2.75) is 31.2 Å². The van der Waals surface area contributed by atoms with Gasteiger partial charge >= 0.3 is 0 Å². The number of aromatic nitrogens is 3. The fourth-order valence-corrected chi connectivity index (χ4v) is 3.32. The van der Waals surface area contributed by atoms with Gasteiger partial charge in [0, 0.05) is 23.9 Å². The summed E-state index contributed by atoms with van der Waals surface area (Å²) in [6.45, 7) is 5.22. The van der Waals surface area contributed by atoms with Crippen LogP contribution in [0.2, 0.25) is 0 Å². The molecule has 150 valence electrons. The summed E-state index contributed by atoms with van der Waals surface area (Å²) < 4.78 is 1.39. The maximum Gasteiger partial charge on any atom is 0.237 e. The number of hydrogen-bond donors (Lipinski definition) is 3. The fourth-order valence-electron chi connectivity index (χ4n) is 2.55. The van der Waals surface area contributed by atoms with Gasteiger partial charge in [-0.3, -0.25) is 9.59 Å². The van der Waals surface area contributed by atoms with Crippen LogP contribution in [0.3, 0.4) is 0 Å². The average molecular weight is 411 g/mol. The van der Waals surface area contributed by atoms with Gasteiger partial charge in [-0.1, -0.05) is 41.6 Å². The first-order chi connectivity index (χ1) is 13.8. The molecule has 4 N–H and O–H groups in total. The van der Waals surface area contributed by atoms with E-state index < -0.39 is 5.25 Å². The van der Waals surface area contributed by atoms with Crippen molar-refractivity contribution < 1.29 is 9.59 Å². The molecular formula is C20H22N6O2S. The number of thioether (sulfide) groups is 1. The highest BCUT2D eigenvalue weighted by Gasteiger charge is 2.20. The van der Waals surface area contributed by atoms with E-state index in [4.69, 9.17) is 5.84 Å². The van der Waals surface area contributed by atoms with Gasteiger partial charge in [-0.2, -0.15) is 0 Å². The number of carbonyl (C=O) groups excluding carboxylic acids is 2. The third-order valence-electron chi connectivity index (χ3n) is 4.10. The molecule has 0 spiro atoms. The number of nitrogens with zero attached hydrogens (tertiary/aromatic N) is 3. The van der Waals surface area contributed by atoms with Crippen molar-refractivity contribution in [3.63, 3.8) is 0 Å². The van der Waals surface area contributed by atoms with Gasteiger partial charge in [-0.15, -0.1) is 10.2 Å². The number of amides is 2. The number of carbonyl (C=O) groups is 2. The Kier molecular flexibility index (Phi) is 6.18. The van der Waals surface area contributed by atoms with Crippen molar-refractivity contribution in [2.24, 2.45) is 0 Å². The fraction of sp³-hybridized carbons (Fsp3) is 0.200. The lowest BCUT2D eigenvalue weighted by molar-refractivity contribution is -0.115. The van der Waals surface area contributed by atoms with Crippen LogP contribution in [0.4, 0.5) is 11.4 Å². The van der Waals surface area contributed by atoms with Crippen molar-refractivity contribution in [3.05, 3.63) is 54.1 Å². The van der Waals surface area contributed by atoms with Crippen LogP contribution in [0.5, 0.6) is 0 Å². The van der Waals surface area contributed by atoms with Crippen LogP contribution >= 0.6 is 11.8 Å². The smallest absolute Gasteiger partial charge is 0.237 e. The molecule has 0 saturated heterocycles. The summed E-state index contributed by atoms with van der Waals surface area (Å²) in [7, 11) is 0. The van der Waals surface area contributed by atoms with E-state index in [0.717, 1.165) is 11.1 Å². The van der Waals surface area contributed by atoms with Crippen LogP contribution in [0.25, 0.3) is 11.4 Å². The molecule has 0 saturated carbocycles. The Balaban J connectivity index is 1.64. The van der Waals surface area contributed by atoms with Gasteiger partial charge in [-0.25, -0.2) is 4.68 Å². The third kappa shape index (κ3) is 5.14. The summed E-state index contributed by atoms with van der Waals surface area (Å²) in [4.78, 5) is 23.6. The Morgan fingerprint density at radius 2 is 1.59 bits per heavy atom. The Morgan fingerprint density at radius 1 is 1.00 bits per heavy atom. The van der Waals surface area contributed by atoms with E-state index in [2.05, 4.69) is 20.8 Å². The predicted molar refractivity (Wildman–Crippen MR) is 115 cm³/mol. The van der Waals surface area contributed by atoms with Crippen LogP contribution in [0, 0.1) is 6.92 Å². The summed E-state index contributed by atoms with van der Waals surface area (Å²) in [5.41, 5.74) is 3.29. The minimum Gasteiger partial charge on any atom is -0.335 e. The SMILES string of the molecule is CC(=O)Nc1ccc(NC(=O)C(C)Sc2nnc(-c3ccc(C)cc3)n2N)cc1. The minimum absolute atomic E-state index is 0.150. The van der Waals surface area contributed by atoms with Gasteiger partial charge in [0.2, 0.25) is 17.0 Å². The first-order valence-electron chi connectivity index (χ1n) is 8.96. The zero-order valence-corrected chi connectivity index (χ0v) is 17.2. The van der Waals surface area contributed by atoms with E-state index in [9.17, 15) is 9.59 Å². The van der Waals surface area contributed by atoms with Crippen molar-refractivity contribution in [3.8, 4) is 11.4 Å². The van der Waals surface area contributed by atoms with Gasteiger partial charge in [0.15, 0.2) is 5.82 Å². The van der Waals surface area contributed by atoms with E-state index >= 15 is 0 Å². The Hall–Kier alpha value is -3.33. The molecule has 0 aliphatic rings. The molecule has 3 aromatic rings. The summed E-state index contributed by atoms with van der Waals surface area (Å²) in [6, 6.07) is 14.7. The molecule has 3 rings (SSSR count). The number of aryl methyl sites for hydroxylation is 1. The van der Waals surface area contributed by atoms with Crippen molar-refractivity contribution in [2.75, 3.05) is 16.5 Å². The summed E-state index contributed by atoms with van der Waals surface area (Å²) >= 11 is 1.22. The number of anilines is 2.